The molecule has 0 aromatic heterocycles. The monoisotopic (exact) mass is 426 g/mol. The molecule has 1 unspecified atom stereocenters. The molecule has 0 amide bonds. The van der Waals surface area contributed by atoms with E-state index in [0.717, 1.165) is 41.9 Å². The number of hydrogen-bond acceptors (Lipinski definition) is 1. The van der Waals surface area contributed by atoms with E-state index in [-0.39, 0.29) is 0 Å². The molecule has 0 saturated heterocycles. The number of Topliss-reactive ketones (excluding diaryl/α,β-unsaturated/α-hetero) is 1. The Balaban J connectivity index is 1.51. The van der Waals surface area contributed by atoms with Crippen LogP contribution in [0.1, 0.15) is 106 Å². The van der Waals surface area contributed by atoms with Gasteiger partial charge in [-0.1, -0.05) is 60.6 Å². The summed E-state index contributed by atoms with van der Waals surface area (Å²) in [6.07, 6.45) is 16.9. The first-order valence-electron chi connectivity index (χ1n) is 13.8. The normalized spacial score (nSPS) is 47.2. The number of ketones is 1. The molecule has 1 heteroatoms. The minimum Gasteiger partial charge on any atom is -0.299 e. The average Bonchev–Trinajstić information content (AvgIpc) is 3.08. The zero-order valence-corrected chi connectivity index (χ0v) is 21.6. The molecule has 0 heterocycles. The highest BCUT2D eigenvalue weighted by Crippen LogP contribution is 2.68. The zero-order valence-electron chi connectivity index (χ0n) is 21.6. The van der Waals surface area contributed by atoms with Crippen molar-refractivity contribution < 1.29 is 4.79 Å². The molecular formula is C30H50O. The molecule has 0 spiro atoms. The lowest BCUT2D eigenvalue weighted by Crippen LogP contribution is -2.55. The van der Waals surface area contributed by atoms with Crippen molar-refractivity contribution >= 4 is 5.78 Å². The Labute approximate surface area is 193 Å². The van der Waals surface area contributed by atoms with Gasteiger partial charge in [-0.3, -0.25) is 4.79 Å². The van der Waals surface area contributed by atoms with Gasteiger partial charge >= 0.3 is 0 Å². The second-order valence-corrected chi connectivity index (χ2v) is 13.1. The fourth-order valence-corrected chi connectivity index (χ4v) is 9.71. The van der Waals surface area contributed by atoms with Gasteiger partial charge in [-0.2, -0.15) is 0 Å². The first-order chi connectivity index (χ1) is 14.6. The van der Waals surface area contributed by atoms with Crippen LogP contribution in [0.15, 0.2) is 12.2 Å². The Morgan fingerprint density at radius 1 is 0.903 bits per heavy atom. The molecule has 4 rings (SSSR count). The summed E-state index contributed by atoms with van der Waals surface area (Å²) >= 11 is 0. The van der Waals surface area contributed by atoms with E-state index in [9.17, 15) is 4.79 Å². The molecule has 176 valence electrons. The summed E-state index contributed by atoms with van der Waals surface area (Å²) in [4.78, 5) is 12.5. The zero-order chi connectivity index (χ0) is 22.6. The van der Waals surface area contributed by atoms with Crippen LogP contribution in [0, 0.1) is 64.1 Å². The van der Waals surface area contributed by atoms with Gasteiger partial charge in [0, 0.05) is 12.3 Å². The maximum Gasteiger partial charge on any atom is 0.136 e. The smallest absolute Gasteiger partial charge is 0.136 e. The van der Waals surface area contributed by atoms with Crippen molar-refractivity contribution in [3.05, 3.63) is 12.2 Å². The topological polar surface area (TPSA) is 17.1 Å². The van der Waals surface area contributed by atoms with Crippen molar-refractivity contribution in [1.29, 1.82) is 0 Å². The van der Waals surface area contributed by atoms with Crippen LogP contribution in [0.3, 0.4) is 0 Å². The van der Waals surface area contributed by atoms with Crippen molar-refractivity contribution in [3.63, 3.8) is 0 Å². The largest absolute Gasteiger partial charge is 0.299 e. The quantitative estimate of drug-likeness (QED) is 0.404. The SMILES string of the molecule is CC[C@H](/C=C/[C@@H](C)[C@H]1CC[C@H]2[C@@H]3CCC4[C@H](C)C(=O)CC[C@]4(C)[C@H]3CC[C@]12C)C(C)C. The van der Waals surface area contributed by atoms with Gasteiger partial charge in [0.25, 0.3) is 0 Å². The summed E-state index contributed by atoms with van der Waals surface area (Å²) in [6, 6.07) is 0. The van der Waals surface area contributed by atoms with Crippen LogP contribution in [0.2, 0.25) is 0 Å². The molecule has 4 fully saturated rings. The summed E-state index contributed by atoms with van der Waals surface area (Å²) < 4.78 is 0. The molecule has 10 atom stereocenters. The van der Waals surface area contributed by atoms with Gasteiger partial charge in [0.05, 0.1) is 0 Å². The molecule has 0 aromatic rings. The Kier molecular flexibility index (Phi) is 6.57. The van der Waals surface area contributed by atoms with Gasteiger partial charge in [-0.15, -0.1) is 0 Å². The summed E-state index contributed by atoms with van der Waals surface area (Å²) in [5.74, 6) is 7.26. The van der Waals surface area contributed by atoms with Crippen LogP contribution in [0.25, 0.3) is 0 Å². The second kappa shape index (κ2) is 8.64. The van der Waals surface area contributed by atoms with Crippen LogP contribution in [0.4, 0.5) is 0 Å². The van der Waals surface area contributed by atoms with Crippen LogP contribution in [0.5, 0.6) is 0 Å². The van der Waals surface area contributed by atoms with Gasteiger partial charge in [0.1, 0.15) is 5.78 Å². The van der Waals surface area contributed by atoms with Crippen molar-refractivity contribution in [3.8, 4) is 0 Å². The van der Waals surface area contributed by atoms with E-state index in [1.165, 1.54) is 51.4 Å². The summed E-state index contributed by atoms with van der Waals surface area (Å²) in [5, 5.41) is 0. The predicted octanol–water partition coefficient (Wildman–Crippen LogP) is 8.33. The molecule has 4 aliphatic rings. The number of carbonyl (C=O) groups excluding carboxylic acids is 1. The molecule has 4 saturated carbocycles. The Morgan fingerprint density at radius 3 is 2.26 bits per heavy atom. The average molecular weight is 427 g/mol. The Morgan fingerprint density at radius 2 is 1.58 bits per heavy atom. The van der Waals surface area contributed by atoms with Crippen molar-refractivity contribution in [2.75, 3.05) is 0 Å². The van der Waals surface area contributed by atoms with E-state index in [2.05, 4.69) is 60.6 Å². The van der Waals surface area contributed by atoms with E-state index in [1.54, 1.807) is 0 Å². The third-order valence-electron chi connectivity index (χ3n) is 11.7. The first-order valence-corrected chi connectivity index (χ1v) is 13.8. The van der Waals surface area contributed by atoms with Crippen LogP contribution in [-0.4, -0.2) is 5.78 Å². The van der Waals surface area contributed by atoms with Gasteiger partial charge in [0.15, 0.2) is 0 Å². The summed E-state index contributed by atoms with van der Waals surface area (Å²) in [5.41, 5.74) is 0.955. The van der Waals surface area contributed by atoms with Gasteiger partial charge in [-0.25, -0.2) is 0 Å². The molecule has 0 radical (unpaired) electrons. The Hall–Kier alpha value is -0.590. The maximum absolute atomic E-state index is 12.5. The fourth-order valence-electron chi connectivity index (χ4n) is 9.71. The van der Waals surface area contributed by atoms with E-state index in [1.807, 2.05) is 0 Å². The second-order valence-electron chi connectivity index (χ2n) is 13.1. The lowest BCUT2D eigenvalue weighted by molar-refractivity contribution is -0.150. The van der Waals surface area contributed by atoms with Crippen LogP contribution < -0.4 is 0 Å². The summed E-state index contributed by atoms with van der Waals surface area (Å²) in [6.45, 7) is 17.1. The third kappa shape index (κ3) is 3.78. The highest BCUT2D eigenvalue weighted by atomic mass is 16.1. The summed E-state index contributed by atoms with van der Waals surface area (Å²) in [7, 11) is 0. The highest BCUT2D eigenvalue weighted by Gasteiger charge is 2.61. The molecule has 31 heavy (non-hydrogen) atoms. The molecule has 0 aliphatic heterocycles. The maximum atomic E-state index is 12.5. The van der Waals surface area contributed by atoms with Gasteiger partial charge in [0.2, 0.25) is 0 Å². The third-order valence-corrected chi connectivity index (χ3v) is 11.7. The fraction of sp³-hybridized carbons (Fsp3) is 0.900. The van der Waals surface area contributed by atoms with E-state index >= 15 is 0 Å². The van der Waals surface area contributed by atoms with Crippen molar-refractivity contribution in [1.82, 2.24) is 0 Å². The number of fused-ring (bicyclic) bond motifs is 5. The number of hydrogen-bond donors (Lipinski definition) is 0. The molecular weight excluding hydrogens is 376 g/mol. The number of rotatable bonds is 5. The van der Waals surface area contributed by atoms with Gasteiger partial charge in [-0.05, 0) is 110 Å². The predicted molar refractivity (Wildman–Crippen MR) is 132 cm³/mol. The minimum atomic E-state index is 0.307. The number of allylic oxidation sites excluding steroid dienone is 2. The molecule has 4 aliphatic carbocycles. The van der Waals surface area contributed by atoms with E-state index < -0.39 is 0 Å². The standard InChI is InChI=1S/C30H50O/c1-8-22(19(2)3)10-9-20(4)24-13-14-26-23-11-12-25-21(5)28(31)16-18-30(25,7)27(23)15-17-29(24,26)6/h9-10,19-27H,8,11-18H2,1-7H3/b10-9+/t20-,21+,22-,23+,24-,25?,26+,27+,29-,30+/m1/s1. The molecule has 1 nitrogen and oxygen atoms in total. The molecule has 0 bridgehead atoms. The molecule has 0 aromatic carbocycles. The van der Waals surface area contributed by atoms with Crippen LogP contribution >= 0.6 is 0 Å². The lowest BCUT2D eigenvalue weighted by Gasteiger charge is -2.61. The first kappa shape index (κ1) is 23.6. The number of carbonyl (C=O) groups is 1. The van der Waals surface area contributed by atoms with Crippen molar-refractivity contribution in [2.24, 2.45) is 64.1 Å². The van der Waals surface area contributed by atoms with Gasteiger partial charge < -0.3 is 0 Å². The van der Waals surface area contributed by atoms with E-state index in [4.69, 9.17) is 0 Å². The van der Waals surface area contributed by atoms with Crippen LogP contribution in [-0.2, 0) is 4.79 Å². The lowest BCUT2D eigenvalue weighted by atomic mass is 9.43. The van der Waals surface area contributed by atoms with E-state index in [0.29, 0.717) is 34.4 Å². The van der Waals surface area contributed by atoms with Crippen molar-refractivity contribution in [2.45, 2.75) is 106 Å². The highest BCUT2D eigenvalue weighted by molar-refractivity contribution is 5.82. The Bertz CT molecular complexity index is 691. The minimum absolute atomic E-state index is 0.307. The molecule has 0 N–H and O–H groups in total.